The molecule has 0 bridgehead atoms. The summed E-state index contributed by atoms with van der Waals surface area (Å²) < 4.78 is 27.1. The highest BCUT2D eigenvalue weighted by molar-refractivity contribution is 7.99. The first kappa shape index (κ1) is 71.0. The van der Waals surface area contributed by atoms with Crippen molar-refractivity contribution in [2.45, 2.75) is 175 Å². The zero-order valence-corrected chi connectivity index (χ0v) is 57.3. The van der Waals surface area contributed by atoms with E-state index in [2.05, 4.69) is 69.1 Å². The van der Waals surface area contributed by atoms with E-state index in [1.165, 1.54) is 34.0 Å². The zero-order valence-electron chi connectivity index (χ0n) is 56.4. The van der Waals surface area contributed by atoms with Gasteiger partial charge in [0, 0.05) is 138 Å². The Morgan fingerprint density at radius 1 is 0.588 bits per heavy atom. The summed E-state index contributed by atoms with van der Waals surface area (Å²) in [5, 5.41) is 29.2. The van der Waals surface area contributed by atoms with Gasteiger partial charge in [-0.2, -0.15) is 11.8 Å². The zero-order chi connectivity index (χ0) is 68.5. The second-order valence-electron chi connectivity index (χ2n) is 25.6. The minimum atomic E-state index is -0.898. The van der Waals surface area contributed by atoms with Gasteiger partial charge >= 0.3 is 29.8 Å². The van der Waals surface area contributed by atoms with Gasteiger partial charge in [0.15, 0.2) is 23.0 Å². The van der Waals surface area contributed by atoms with Crippen LogP contribution in [0.3, 0.4) is 0 Å². The summed E-state index contributed by atoms with van der Waals surface area (Å²) in [6, 6.07) is 20.2. The van der Waals surface area contributed by atoms with Gasteiger partial charge in [-0.15, -0.1) is 10.2 Å². The first-order valence-electron chi connectivity index (χ1n) is 34.5. The van der Waals surface area contributed by atoms with Gasteiger partial charge < -0.3 is 39.2 Å². The number of nitrogens with zero attached hydrogens (tertiary/aromatic N) is 9. The van der Waals surface area contributed by atoms with Gasteiger partial charge in [0.1, 0.15) is 0 Å². The first-order valence-corrected chi connectivity index (χ1v) is 35.6. The SMILES string of the molecule is CCC(=O)Oc1ccc2c(c1OC(=O)CCCn1cc(CCCC(=O)N(CCSCCC(=O)O)CCN(CCNC(=O)CCCc3cn(CCCC(=O)Oc4ccc5c(c4OC(=O)CC)-c4cccc6c4[C@@H](C5)N(C)CC6)nn3)C(=O)CC)nn1)-c1cccc3c1[C@@H](C2)C(C)CC3. The van der Waals surface area contributed by atoms with E-state index in [0.29, 0.717) is 92.9 Å². The van der Waals surface area contributed by atoms with Crippen molar-refractivity contribution in [1.29, 1.82) is 0 Å². The molecule has 2 N–H and O–H groups in total. The molecule has 1 aliphatic heterocycles. The van der Waals surface area contributed by atoms with Crippen molar-refractivity contribution < 1.29 is 62.4 Å². The number of carboxylic acids is 1. The van der Waals surface area contributed by atoms with Crippen LogP contribution < -0.4 is 24.3 Å². The minimum absolute atomic E-state index is 0.00184. The summed E-state index contributed by atoms with van der Waals surface area (Å²) in [6.07, 6.45) is 12.0. The van der Waals surface area contributed by atoms with E-state index in [1.807, 2.05) is 24.3 Å². The molecule has 4 aromatic carbocycles. The van der Waals surface area contributed by atoms with E-state index in [-0.39, 0.29) is 124 Å². The van der Waals surface area contributed by atoms with Gasteiger partial charge in [-0.1, -0.05) is 86.7 Å². The maximum Gasteiger partial charge on any atom is 0.311 e. The fourth-order valence-electron chi connectivity index (χ4n) is 13.6. The monoisotopic (exact) mass is 1350 g/mol. The van der Waals surface area contributed by atoms with E-state index >= 15 is 0 Å². The Kier molecular flexibility index (Phi) is 24.9. The fourth-order valence-corrected chi connectivity index (χ4v) is 14.5. The number of aliphatic carboxylic acids is 1. The molecule has 0 radical (unpaired) electrons. The molecule has 1 unspecified atom stereocenters. The van der Waals surface area contributed by atoms with Crippen LogP contribution >= 0.6 is 11.8 Å². The number of carbonyl (C=O) groups excluding carboxylic acids is 7. The van der Waals surface area contributed by atoms with Gasteiger partial charge in [0.25, 0.3) is 0 Å². The van der Waals surface area contributed by atoms with Crippen LogP contribution in [0, 0.1) is 5.92 Å². The number of aryl methyl sites for hydroxylation is 5. The maximum absolute atomic E-state index is 13.9. The molecule has 10 rings (SSSR count). The second-order valence-corrected chi connectivity index (χ2v) is 26.8. The van der Waals surface area contributed by atoms with Gasteiger partial charge in [-0.25, -0.2) is 0 Å². The molecule has 97 heavy (non-hydrogen) atoms. The Labute approximate surface area is 570 Å². The van der Waals surface area contributed by atoms with Crippen LogP contribution in [0.2, 0.25) is 0 Å². The predicted molar refractivity (Wildman–Crippen MR) is 364 cm³/mol. The summed E-state index contributed by atoms with van der Waals surface area (Å²) >= 11 is 1.44. The fraction of sp³-hybridized carbons (Fsp3) is 0.507. The number of esters is 4. The van der Waals surface area contributed by atoms with Crippen LogP contribution in [0.5, 0.6) is 23.0 Å². The number of nitrogens with one attached hydrogen (secondary N) is 1. The van der Waals surface area contributed by atoms with Crippen molar-refractivity contribution in [2.75, 3.05) is 57.8 Å². The lowest BCUT2D eigenvalue weighted by Gasteiger charge is -2.40. The number of hydrogen-bond acceptors (Lipinski definition) is 18. The highest BCUT2D eigenvalue weighted by Gasteiger charge is 2.38. The summed E-state index contributed by atoms with van der Waals surface area (Å²) in [5.41, 5.74) is 12.2. The number of fused-ring (bicyclic) bond motifs is 4. The molecule has 516 valence electrons. The number of likely N-dealkylation sites (N-methyl/N-ethyl adjacent to an activating group) is 1. The topological polar surface area (TPSA) is 277 Å². The van der Waals surface area contributed by atoms with Crippen molar-refractivity contribution in [1.82, 2.24) is 50.0 Å². The average molecular weight is 1350 g/mol. The van der Waals surface area contributed by atoms with Gasteiger partial charge in [-0.05, 0) is 146 Å². The Morgan fingerprint density at radius 2 is 1.15 bits per heavy atom. The van der Waals surface area contributed by atoms with Crippen molar-refractivity contribution in [3.8, 4) is 45.3 Å². The highest BCUT2D eigenvalue weighted by atomic mass is 32.2. The van der Waals surface area contributed by atoms with Crippen molar-refractivity contribution in [2.24, 2.45) is 5.92 Å². The lowest BCUT2D eigenvalue weighted by atomic mass is 9.67. The third-order valence-corrected chi connectivity index (χ3v) is 19.8. The number of carbonyl (C=O) groups is 8. The van der Waals surface area contributed by atoms with E-state index in [0.717, 1.165) is 72.0 Å². The third-order valence-electron chi connectivity index (χ3n) is 18.9. The Balaban J connectivity index is 0.644. The summed E-state index contributed by atoms with van der Waals surface area (Å²) in [7, 11) is 2.13. The van der Waals surface area contributed by atoms with E-state index < -0.39 is 29.8 Å². The van der Waals surface area contributed by atoms with Gasteiger partial charge in [-0.3, -0.25) is 52.6 Å². The molecule has 3 amide bonds. The average Bonchev–Trinajstić information content (AvgIpc) is 0.795. The Morgan fingerprint density at radius 3 is 1.78 bits per heavy atom. The van der Waals surface area contributed by atoms with Crippen molar-refractivity contribution in [3.05, 3.63) is 118 Å². The molecule has 24 heteroatoms. The molecule has 3 atom stereocenters. The lowest BCUT2D eigenvalue weighted by molar-refractivity contribution is -0.137. The summed E-state index contributed by atoms with van der Waals surface area (Å²) in [6.45, 7) is 10.5. The van der Waals surface area contributed by atoms with Crippen LogP contribution in [0.25, 0.3) is 22.3 Å². The summed E-state index contributed by atoms with van der Waals surface area (Å²) in [4.78, 5) is 109. The number of aromatic nitrogens is 6. The van der Waals surface area contributed by atoms with Crippen LogP contribution in [-0.4, -0.2) is 155 Å². The number of benzene rings is 4. The van der Waals surface area contributed by atoms with Crippen molar-refractivity contribution >= 4 is 59.3 Å². The molecule has 4 aliphatic rings. The van der Waals surface area contributed by atoms with E-state index in [1.54, 1.807) is 64.5 Å². The molecule has 6 aromatic rings. The molecular formula is C73H90N10O13S. The van der Waals surface area contributed by atoms with E-state index in [9.17, 15) is 43.5 Å². The Hall–Kier alpha value is -8.77. The molecular weight excluding hydrogens is 1260 g/mol. The van der Waals surface area contributed by atoms with E-state index in [4.69, 9.17) is 18.9 Å². The van der Waals surface area contributed by atoms with Crippen LogP contribution in [0.4, 0.5) is 0 Å². The standard InChI is InChI=1S/C73H90N10O13S/c1-6-61(85)80(37-33-74-60(84)21-11-17-52-45-82(77-75-52)34-13-23-66(91)94-59-30-28-51-44-57-69-49(31-36-79(57)5)16-10-20-55(69)71(51)72(59)95-65(90)8-3)38-39-81(40-42-97-41-32-63(87)88)62(86)22-12-18-53-46-83(78-76-53)35-14-24-67(92)96-73-58(93-64(89)7-2)29-27-50-43-56-47(4)25-26-48-15-9-19-54(68(48)56)70(50)73/h9-10,15-16,19-20,27-30,45-47,56-57H,6-8,11-14,17-18,21-26,31-44H2,1-5H3,(H,74,84)(H,87,88)/t47?,56-,57+/m0/s1. The number of carboxylic acid groups (broad SMARTS) is 1. The number of ether oxygens (including phenoxy) is 4. The number of thioether (sulfide) groups is 1. The number of hydrogen-bond donors (Lipinski definition) is 2. The first-order chi connectivity index (χ1) is 47.0. The molecule has 0 saturated heterocycles. The number of rotatable bonds is 35. The van der Waals surface area contributed by atoms with Gasteiger partial charge in [0.05, 0.1) is 17.8 Å². The predicted octanol–water partition coefficient (Wildman–Crippen LogP) is 9.65. The largest absolute Gasteiger partial charge is 0.481 e. The molecule has 2 aromatic heterocycles. The quantitative estimate of drug-likeness (QED) is 0.0213. The highest BCUT2D eigenvalue weighted by Crippen LogP contribution is 2.54. The smallest absolute Gasteiger partial charge is 0.311 e. The van der Waals surface area contributed by atoms with Crippen LogP contribution in [0.1, 0.15) is 168 Å². The molecule has 0 spiro atoms. The molecule has 3 heterocycles. The minimum Gasteiger partial charge on any atom is -0.481 e. The lowest BCUT2D eigenvalue weighted by Crippen LogP contribution is -2.44. The normalized spacial score (nSPS) is 15.6. The summed E-state index contributed by atoms with van der Waals surface area (Å²) in [5.74, 6) is -0.371. The van der Waals surface area contributed by atoms with Crippen molar-refractivity contribution in [3.63, 3.8) is 0 Å². The van der Waals surface area contributed by atoms with Crippen LogP contribution in [0.15, 0.2) is 73.1 Å². The molecule has 0 saturated carbocycles. The number of amides is 3. The Bertz CT molecular complexity index is 3850. The second kappa shape index (κ2) is 33.9. The molecule has 0 fully saturated rings. The molecule has 23 nitrogen and oxygen atoms in total. The molecule has 3 aliphatic carbocycles. The van der Waals surface area contributed by atoms with Crippen LogP contribution in [-0.2, 0) is 90.0 Å². The third kappa shape index (κ3) is 18.3. The maximum atomic E-state index is 13.9. The van der Waals surface area contributed by atoms with Gasteiger partial charge in [0.2, 0.25) is 17.7 Å².